The Hall–Kier alpha value is -2.44. The van der Waals surface area contributed by atoms with Gasteiger partial charge in [0.2, 0.25) is 0 Å². The lowest BCUT2D eigenvalue weighted by Crippen LogP contribution is -2.21. The van der Waals surface area contributed by atoms with Crippen molar-refractivity contribution in [1.29, 1.82) is 0 Å². The predicted octanol–water partition coefficient (Wildman–Crippen LogP) is 3.42. The van der Waals surface area contributed by atoms with Crippen molar-refractivity contribution >= 4 is 29.2 Å². The van der Waals surface area contributed by atoms with E-state index in [0.717, 1.165) is 17.7 Å². The summed E-state index contributed by atoms with van der Waals surface area (Å²) in [6, 6.07) is 10.3. The Bertz CT molecular complexity index is 751. The first-order chi connectivity index (χ1) is 11.5. The maximum absolute atomic E-state index is 12.9. The standard InChI is InChI=1S/C17H15ClFNO4/c1-23-9-11-3-2-4-12(7-11)17(22)24-10-16(21)20-15-6-5-13(19)8-14(15)18/h2-8H,9-10H2,1H3,(H,20,21). The quantitative estimate of drug-likeness (QED) is 0.810. The molecule has 2 aromatic carbocycles. The van der Waals surface area contributed by atoms with Gasteiger partial charge in [0.05, 0.1) is 22.9 Å². The number of amides is 1. The molecule has 0 bridgehead atoms. The van der Waals surface area contributed by atoms with Crippen molar-refractivity contribution in [2.75, 3.05) is 19.0 Å². The number of anilines is 1. The van der Waals surface area contributed by atoms with Crippen LogP contribution in [0.4, 0.5) is 10.1 Å². The van der Waals surface area contributed by atoms with Gasteiger partial charge in [-0.2, -0.15) is 0 Å². The number of carbonyl (C=O) groups excluding carboxylic acids is 2. The highest BCUT2D eigenvalue weighted by Gasteiger charge is 2.12. The molecule has 0 heterocycles. The minimum atomic E-state index is -0.631. The molecule has 0 spiro atoms. The first-order valence-corrected chi connectivity index (χ1v) is 7.37. The van der Waals surface area contributed by atoms with E-state index >= 15 is 0 Å². The smallest absolute Gasteiger partial charge is 0.338 e. The molecule has 0 saturated carbocycles. The van der Waals surface area contributed by atoms with Crippen molar-refractivity contribution in [2.45, 2.75) is 6.61 Å². The molecule has 2 rings (SSSR count). The van der Waals surface area contributed by atoms with Gasteiger partial charge in [0, 0.05) is 7.11 Å². The fourth-order valence-electron chi connectivity index (χ4n) is 1.95. The van der Waals surface area contributed by atoms with Crippen LogP contribution in [0.25, 0.3) is 0 Å². The maximum Gasteiger partial charge on any atom is 0.338 e. The number of benzene rings is 2. The van der Waals surface area contributed by atoms with E-state index in [1.54, 1.807) is 25.3 Å². The Labute approximate surface area is 143 Å². The number of halogens is 2. The second-order valence-electron chi connectivity index (χ2n) is 4.88. The molecule has 0 radical (unpaired) electrons. The molecule has 5 nitrogen and oxygen atoms in total. The number of esters is 1. The molecule has 0 saturated heterocycles. The Balaban J connectivity index is 1.91. The second kappa shape index (κ2) is 8.42. The summed E-state index contributed by atoms with van der Waals surface area (Å²) in [6.45, 7) is -0.119. The van der Waals surface area contributed by atoms with E-state index in [9.17, 15) is 14.0 Å². The molecule has 0 aliphatic rings. The van der Waals surface area contributed by atoms with Crippen LogP contribution in [0.5, 0.6) is 0 Å². The highest BCUT2D eigenvalue weighted by atomic mass is 35.5. The minimum absolute atomic E-state index is 0.0574. The summed E-state index contributed by atoms with van der Waals surface area (Å²) in [5, 5.41) is 2.50. The Morgan fingerprint density at radius 1 is 1.21 bits per heavy atom. The number of nitrogens with one attached hydrogen (secondary N) is 1. The molecule has 0 atom stereocenters. The normalized spacial score (nSPS) is 10.3. The first kappa shape index (κ1) is 17.9. The van der Waals surface area contributed by atoms with Crippen molar-refractivity contribution in [1.82, 2.24) is 0 Å². The minimum Gasteiger partial charge on any atom is -0.452 e. The van der Waals surface area contributed by atoms with Crippen LogP contribution in [0.2, 0.25) is 5.02 Å². The molecule has 1 N–H and O–H groups in total. The van der Waals surface area contributed by atoms with Gasteiger partial charge in [-0.1, -0.05) is 23.7 Å². The van der Waals surface area contributed by atoms with Gasteiger partial charge in [0.25, 0.3) is 5.91 Å². The summed E-state index contributed by atoms with van der Waals surface area (Å²) in [7, 11) is 1.55. The highest BCUT2D eigenvalue weighted by molar-refractivity contribution is 6.33. The summed E-state index contributed by atoms with van der Waals surface area (Å²) in [5.74, 6) is -1.72. The van der Waals surface area contributed by atoms with Crippen LogP contribution in [0.15, 0.2) is 42.5 Å². The fourth-order valence-corrected chi connectivity index (χ4v) is 2.16. The van der Waals surface area contributed by atoms with Crippen molar-refractivity contribution in [3.63, 3.8) is 0 Å². The molecule has 0 unspecified atom stereocenters. The summed E-state index contributed by atoms with van der Waals surface area (Å²) in [4.78, 5) is 23.7. The second-order valence-corrected chi connectivity index (χ2v) is 5.29. The molecule has 0 aliphatic carbocycles. The fraction of sp³-hybridized carbons (Fsp3) is 0.176. The summed E-state index contributed by atoms with van der Waals surface area (Å²) >= 11 is 5.80. The van der Waals surface area contributed by atoms with Crippen LogP contribution >= 0.6 is 11.6 Å². The van der Waals surface area contributed by atoms with Crippen molar-refractivity contribution < 1.29 is 23.5 Å². The van der Waals surface area contributed by atoms with E-state index in [2.05, 4.69) is 5.32 Å². The van der Waals surface area contributed by atoms with Gasteiger partial charge in [0.1, 0.15) is 5.82 Å². The van der Waals surface area contributed by atoms with Crippen LogP contribution in [-0.2, 0) is 20.9 Å². The number of carbonyl (C=O) groups is 2. The Kier molecular flexibility index (Phi) is 6.28. The summed E-state index contributed by atoms with van der Waals surface area (Å²) in [5.41, 5.74) is 1.37. The Morgan fingerprint density at radius 2 is 2.00 bits per heavy atom. The van der Waals surface area contributed by atoms with E-state index in [0.29, 0.717) is 12.2 Å². The van der Waals surface area contributed by atoms with Crippen molar-refractivity contribution in [3.05, 3.63) is 64.4 Å². The van der Waals surface area contributed by atoms with Gasteiger partial charge >= 0.3 is 5.97 Å². The molecule has 24 heavy (non-hydrogen) atoms. The zero-order chi connectivity index (χ0) is 17.5. The van der Waals surface area contributed by atoms with Crippen LogP contribution in [0, 0.1) is 5.82 Å². The summed E-state index contributed by atoms with van der Waals surface area (Å²) in [6.07, 6.45) is 0. The lowest BCUT2D eigenvalue weighted by molar-refractivity contribution is -0.119. The van der Waals surface area contributed by atoms with Gasteiger partial charge in [-0.3, -0.25) is 4.79 Å². The number of methoxy groups -OCH3 is 1. The van der Waals surface area contributed by atoms with Gasteiger partial charge in [-0.25, -0.2) is 9.18 Å². The molecule has 126 valence electrons. The average molecular weight is 352 g/mol. The largest absolute Gasteiger partial charge is 0.452 e. The van der Waals surface area contributed by atoms with E-state index in [1.165, 1.54) is 6.07 Å². The topological polar surface area (TPSA) is 64.6 Å². The lowest BCUT2D eigenvalue weighted by Gasteiger charge is -2.08. The lowest BCUT2D eigenvalue weighted by atomic mass is 10.1. The zero-order valence-corrected chi connectivity index (χ0v) is 13.6. The molecule has 1 amide bonds. The maximum atomic E-state index is 12.9. The number of hydrogen-bond donors (Lipinski definition) is 1. The van der Waals surface area contributed by atoms with Crippen molar-refractivity contribution in [3.8, 4) is 0 Å². The highest BCUT2D eigenvalue weighted by Crippen LogP contribution is 2.22. The first-order valence-electron chi connectivity index (χ1n) is 6.99. The summed E-state index contributed by atoms with van der Waals surface area (Å²) < 4.78 is 22.9. The molecule has 7 heteroatoms. The number of hydrogen-bond acceptors (Lipinski definition) is 4. The van der Waals surface area contributed by atoms with E-state index < -0.39 is 24.3 Å². The molecule has 0 fully saturated rings. The third kappa shape index (κ3) is 5.04. The van der Waals surface area contributed by atoms with Gasteiger partial charge in [-0.05, 0) is 35.9 Å². The van der Waals surface area contributed by atoms with Gasteiger partial charge < -0.3 is 14.8 Å². The molecule has 0 aliphatic heterocycles. The van der Waals surface area contributed by atoms with E-state index in [1.807, 2.05) is 6.07 Å². The SMILES string of the molecule is COCc1cccc(C(=O)OCC(=O)Nc2ccc(F)cc2Cl)c1. The van der Waals surface area contributed by atoms with Crippen LogP contribution in [0.3, 0.4) is 0 Å². The van der Waals surface area contributed by atoms with Gasteiger partial charge in [0.15, 0.2) is 6.61 Å². The van der Waals surface area contributed by atoms with E-state index in [-0.39, 0.29) is 10.7 Å². The van der Waals surface area contributed by atoms with E-state index in [4.69, 9.17) is 21.1 Å². The Morgan fingerprint density at radius 3 is 2.71 bits per heavy atom. The molecule has 0 aromatic heterocycles. The van der Waals surface area contributed by atoms with Crippen LogP contribution < -0.4 is 5.32 Å². The average Bonchev–Trinajstić information content (AvgIpc) is 2.56. The monoisotopic (exact) mass is 351 g/mol. The molecular weight excluding hydrogens is 337 g/mol. The number of ether oxygens (including phenoxy) is 2. The third-order valence-corrected chi connectivity index (χ3v) is 3.33. The van der Waals surface area contributed by atoms with Crippen LogP contribution in [0.1, 0.15) is 15.9 Å². The van der Waals surface area contributed by atoms with Gasteiger partial charge in [-0.15, -0.1) is 0 Å². The number of rotatable bonds is 6. The molecule has 2 aromatic rings. The third-order valence-electron chi connectivity index (χ3n) is 3.01. The molecular formula is C17H15ClFNO4. The zero-order valence-electron chi connectivity index (χ0n) is 12.8. The van der Waals surface area contributed by atoms with Crippen LogP contribution in [-0.4, -0.2) is 25.6 Å². The van der Waals surface area contributed by atoms with Crippen molar-refractivity contribution in [2.24, 2.45) is 0 Å². The predicted molar refractivity (Wildman–Crippen MR) is 87.5 cm³/mol.